The SMILES string of the molecule is CCc1ccccc1OCC(=O)OC(C)C(=O)Nc1cc(C)ccc1C. The summed E-state index contributed by atoms with van der Waals surface area (Å²) >= 11 is 0. The topological polar surface area (TPSA) is 64.6 Å². The summed E-state index contributed by atoms with van der Waals surface area (Å²) in [5.41, 5.74) is 3.72. The molecular formula is C21H25NO4. The first kappa shape index (κ1) is 19.5. The van der Waals surface area contributed by atoms with Crippen LogP contribution in [0.5, 0.6) is 5.75 Å². The van der Waals surface area contributed by atoms with E-state index in [-0.39, 0.29) is 12.5 Å². The van der Waals surface area contributed by atoms with Crippen LogP contribution in [0.1, 0.15) is 30.5 Å². The lowest BCUT2D eigenvalue weighted by Crippen LogP contribution is -2.32. The number of ether oxygens (including phenoxy) is 2. The predicted octanol–water partition coefficient (Wildman–Crippen LogP) is 3.82. The van der Waals surface area contributed by atoms with Gasteiger partial charge in [0, 0.05) is 5.69 Å². The second-order valence-electron chi connectivity index (χ2n) is 6.19. The van der Waals surface area contributed by atoms with Gasteiger partial charge in [-0.25, -0.2) is 4.79 Å². The highest BCUT2D eigenvalue weighted by molar-refractivity contribution is 5.95. The molecule has 5 nitrogen and oxygen atoms in total. The van der Waals surface area contributed by atoms with Crippen molar-refractivity contribution in [2.24, 2.45) is 0 Å². The van der Waals surface area contributed by atoms with Gasteiger partial charge in [0.2, 0.25) is 0 Å². The lowest BCUT2D eigenvalue weighted by Gasteiger charge is -2.16. The van der Waals surface area contributed by atoms with Gasteiger partial charge < -0.3 is 14.8 Å². The molecule has 0 heterocycles. The van der Waals surface area contributed by atoms with E-state index in [1.807, 2.05) is 63.2 Å². The van der Waals surface area contributed by atoms with Crippen molar-refractivity contribution in [1.29, 1.82) is 0 Å². The minimum atomic E-state index is -0.910. The van der Waals surface area contributed by atoms with E-state index in [1.54, 1.807) is 6.92 Å². The van der Waals surface area contributed by atoms with Gasteiger partial charge in [-0.05, 0) is 56.0 Å². The molecule has 0 aliphatic rings. The summed E-state index contributed by atoms with van der Waals surface area (Å²) in [4.78, 5) is 24.2. The molecule has 1 amide bonds. The summed E-state index contributed by atoms with van der Waals surface area (Å²) in [6, 6.07) is 13.3. The molecule has 0 saturated carbocycles. The van der Waals surface area contributed by atoms with Crippen LogP contribution in [0.3, 0.4) is 0 Å². The van der Waals surface area contributed by atoms with Gasteiger partial charge in [-0.3, -0.25) is 4.79 Å². The van der Waals surface area contributed by atoms with Crippen molar-refractivity contribution in [2.45, 2.75) is 40.2 Å². The molecule has 0 saturated heterocycles. The fourth-order valence-electron chi connectivity index (χ4n) is 2.46. The van der Waals surface area contributed by atoms with Crippen LogP contribution in [0.2, 0.25) is 0 Å². The zero-order valence-corrected chi connectivity index (χ0v) is 15.7. The summed E-state index contributed by atoms with van der Waals surface area (Å²) < 4.78 is 10.7. The van der Waals surface area contributed by atoms with Crippen LogP contribution in [0, 0.1) is 13.8 Å². The number of carbonyl (C=O) groups excluding carboxylic acids is 2. The number of hydrogen-bond acceptors (Lipinski definition) is 4. The summed E-state index contributed by atoms with van der Waals surface area (Å²) in [5, 5.41) is 2.79. The normalized spacial score (nSPS) is 11.5. The Morgan fingerprint density at radius 2 is 1.85 bits per heavy atom. The number of aryl methyl sites for hydroxylation is 3. The molecular weight excluding hydrogens is 330 g/mol. The van der Waals surface area contributed by atoms with Crippen LogP contribution in [0.4, 0.5) is 5.69 Å². The second kappa shape index (κ2) is 9.04. The first-order valence-electron chi connectivity index (χ1n) is 8.69. The number of rotatable bonds is 7. The second-order valence-corrected chi connectivity index (χ2v) is 6.19. The maximum atomic E-state index is 12.3. The Kier molecular flexibility index (Phi) is 6.78. The zero-order valence-electron chi connectivity index (χ0n) is 15.7. The average molecular weight is 355 g/mol. The van der Waals surface area contributed by atoms with E-state index in [4.69, 9.17) is 9.47 Å². The predicted molar refractivity (Wildman–Crippen MR) is 101 cm³/mol. The van der Waals surface area contributed by atoms with E-state index in [1.165, 1.54) is 0 Å². The maximum absolute atomic E-state index is 12.3. The lowest BCUT2D eigenvalue weighted by molar-refractivity contribution is -0.155. The van der Waals surface area contributed by atoms with Crippen molar-refractivity contribution >= 4 is 17.6 Å². The molecule has 1 N–H and O–H groups in total. The van der Waals surface area contributed by atoms with Crippen molar-refractivity contribution < 1.29 is 19.1 Å². The summed E-state index contributed by atoms with van der Waals surface area (Å²) in [6.07, 6.45) is -0.104. The Labute approximate surface area is 154 Å². The number of para-hydroxylation sites is 1. The molecule has 1 unspecified atom stereocenters. The number of hydrogen-bond donors (Lipinski definition) is 1. The molecule has 0 aliphatic carbocycles. The smallest absolute Gasteiger partial charge is 0.344 e. The number of nitrogens with one attached hydrogen (secondary N) is 1. The molecule has 5 heteroatoms. The van der Waals surface area contributed by atoms with Crippen LogP contribution < -0.4 is 10.1 Å². The maximum Gasteiger partial charge on any atom is 0.344 e. The van der Waals surface area contributed by atoms with Crippen molar-refractivity contribution in [3.63, 3.8) is 0 Å². The van der Waals surface area contributed by atoms with Crippen LogP contribution in [-0.4, -0.2) is 24.6 Å². The quantitative estimate of drug-likeness (QED) is 0.767. The molecule has 2 aromatic carbocycles. The lowest BCUT2D eigenvalue weighted by atomic mass is 10.1. The van der Waals surface area contributed by atoms with Gasteiger partial charge in [-0.1, -0.05) is 37.3 Å². The number of anilines is 1. The van der Waals surface area contributed by atoms with Crippen LogP contribution in [-0.2, 0) is 20.7 Å². The zero-order chi connectivity index (χ0) is 19.1. The highest BCUT2D eigenvalue weighted by atomic mass is 16.6. The molecule has 1 atom stereocenters. The van der Waals surface area contributed by atoms with Crippen molar-refractivity contribution in [2.75, 3.05) is 11.9 Å². The Morgan fingerprint density at radius 1 is 1.12 bits per heavy atom. The Hall–Kier alpha value is -2.82. The molecule has 0 radical (unpaired) electrons. The van der Waals surface area contributed by atoms with E-state index in [2.05, 4.69) is 5.32 Å². The van der Waals surface area contributed by atoms with Gasteiger partial charge in [0.05, 0.1) is 0 Å². The third-order valence-electron chi connectivity index (χ3n) is 4.03. The van der Waals surface area contributed by atoms with E-state index in [0.29, 0.717) is 11.4 Å². The first-order valence-corrected chi connectivity index (χ1v) is 8.69. The molecule has 0 spiro atoms. The third kappa shape index (κ3) is 5.34. The van der Waals surface area contributed by atoms with E-state index in [9.17, 15) is 9.59 Å². The summed E-state index contributed by atoms with van der Waals surface area (Å²) in [5.74, 6) is -0.306. The summed E-state index contributed by atoms with van der Waals surface area (Å²) in [6.45, 7) is 7.17. The monoisotopic (exact) mass is 355 g/mol. The van der Waals surface area contributed by atoms with Crippen molar-refractivity contribution in [3.8, 4) is 5.75 Å². The number of carbonyl (C=O) groups is 2. The highest BCUT2D eigenvalue weighted by Crippen LogP contribution is 2.19. The fraction of sp³-hybridized carbons (Fsp3) is 0.333. The number of esters is 1. The average Bonchev–Trinajstić information content (AvgIpc) is 2.63. The minimum Gasteiger partial charge on any atom is -0.482 e. The van der Waals surface area contributed by atoms with Gasteiger partial charge in [-0.15, -0.1) is 0 Å². The van der Waals surface area contributed by atoms with E-state index in [0.717, 1.165) is 23.1 Å². The molecule has 138 valence electrons. The largest absolute Gasteiger partial charge is 0.482 e. The molecule has 26 heavy (non-hydrogen) atoms. The van der Waals surface area contributed by atoms with Gasteiger partial charge in [0.15, 0.2) is 12.7 Å². The van der Waals surface area contributed by atoms with Gasteiger partial charge in [-0.2, -0.15) is 0 Å². The van der Waals surface area contributed by atoms with E-state index < -0.39 is 12.1 Å². The van der Waals surface area contributed by atoms with Crippen LogP contribution in [0.15, 0.2) is 42.5 Å². The molecule has 0 fully saturated rings. The molecule has 0 aromatic heterocycles. The highest BCUT2D eigenvalue weighted by Gasteiger charge is 2.19. The van der Waals surface area contributed by atoms with Crippen LogP contribution >= 0.6 is 0 Å². The fourth-order valence-corrected chi connectivity index (χ4v) is 2.46. The molecule has 2 rings (SSSR count). The van der Waals surface area contributed by atoms with Crippen LogP contribution in [0.25, 0.3) is 0 Å². The van der Waals surface area contributed by atoms with Gasteiger partial charge in [0.1, 0.15) is 5.75 Å². The Bertz CT molecular complexity index is 785. The molecule has 2 aromatic rings. The Balaban J connectivity index is 1.88. The number of benzene rings is 2. The molecule has 0 bridgehead atoms. The third-order valence-corrected chi connectivity index (χ3v) is 4.03. The van der Waals surface area contributed by atoms with Crippen molar-refractivity contribution in [3.05, 3.63) is 59.2 Å². The van der Waals surface area contributed by atoms with Gasteiger partial charge in [0.25, 0.3) is 5.91 Å². The van der Waals surface area contributed by atoms with Crippen molar-refractivity contribution in [1.82, 2.24) is 0 Å². The first-order chi connectivity index (χ1) is 12.4. The van der Waals surface area contributed by atoms with E-state index >= 15 is 0 Å². The minimum absolute atomic E-state index is 0.238. The van der Waals surface area contributed by atoms with Gasteiger partial charge >= 0.3 is 5.97 Å². The number of amides is 1. The molecule has 0 aliphatic heterocycles. The summed E-state index contributed by atoms with van der Waals surface area (Å²) in [7, 11) is 0. The Morgan fingerprint density at radius 3 is 2.58 bits per heavy atom. The standard InChI is InChI=1S/C21H25NO4/c1-5-17-8-6-7-9-19(17)25-13-20(23)26-16(4)21(24)22-18-12-14(2)10-11-15(18)3/h6-12,16H,5,13H2,1-4H3,(H,22,24).